The summed E-state index contributed by atoms with van der Waals surface area (Å²) >= 11 is 5.84. The highest BCUT2D eigenvalue weighted by atomic mass is 35.5. The molecule has 0 N–H and O–H groups in total. The van der Waals surface area contributed by atoms with Gasteiger partial charge in [0.05, 0.1) is 10.9 Å². The zero-order valence-corrected chi connectivity index (χ0v) is 12.0. The van der Waals surface area contributed by atoms with Crippen LogP contribution in [0.1, 0.15) is 31.7 Å². The van der Waals surface area contributed by atoms with Crippen molar-refractivity contribution >= 4 is 22.5 Å². The van der Waals surface area contributed by atoms with Crippen LogP contribution in [0.3, 0.4) is 0 Å². The van der Waals surface area contributed by atoms with Crippen LogP contribution in [-0.4, -0.2) is 9.55 Å². The first kappa shape index (κ1) is 12.7. The summed E-state index contributed by atoms with van der Waals surface area (Å²) < 4.78 is 1.84. The SMILES string of the molecule is CC1(C)CCc2nc3cc(CCl)ccc3c(=O)n2C1. The van der Waals surface area contributed by atoms with Gasteiger partial charge in [0.2, 0.25) is 0 Å². The topological polar surface area (TPSA) is 34.9 Å². The highest BCUT2D eigenvalue weighted by Crippen LogP contribution is 2.29. The van der Waals surface area contributed by atoms with Crippen LogP contribution in [-0.2, 0) is 18.8 Å². The number of halogens is 1. The molecular formula is C15H17ClN2O. The summed E-state index contributed by atoms with van der Waals surface area (Å²) in [7, 11) is 0. The number of nitrogens with zero attached hydrogens (tertiary/aromatic N) is 2. The molecule has 19 heavy (non-hydrogen) atoms. The lowest BCUT2D eigenvalue weighted by atomic mass is 9.85. The highest BCUT2D eigenvalue weighted by molar-refractivity contribution is 6.17. The molecule has 1 aromatic heterocycles. The zero-order valence-electron chi connectivity index (χ0n) is 11.2. The van der Waals surface area contributed by atoms with Crippen LogP contribution in [0, 0.1) is 5.41 Å². The van der Waals surface area contributed by atoms with Crippen molar-refractivity contribution in [3.63, 3.8) is 0 Å². The Hall–Kier alpha value is -1.35. The maximum atomic E-state index is 12.6. The Balaban J connectivity index is 2.25. The zero-order chi connectivity index (χ0) is 13.6. The maximum Gasteiger partial charge on any atom is 0.261 e. The number of aryl methyl sites for hydroxylation is 1. The van der Waals surface area contributed by atoms with Crippen molar-refractivity contribution in [1.29, 1.82) is 0 Å². The molecule has 1 aliphatic heterocycles. The summed E-state index contributed by atoms with van der Waals surface area (Å²) in [6, 6.07) is 5.67. The Morgan fingerprint density at radius 2 is 2.21 bits per heavy atom. The Labute approximate surface area is 117 Å². The standard InChI is InChI=1S/C15H17ClN2O/c1-15(2)6-5-13-17-12-7-10(8-16)3-4-11(12)14(19)18(13)9-15/h3-4,7H,5-6,8-9H2,1-2H3. The summed E-state index contributed by atoms with van der Waals surface area (Å²) in [6.45, 7) is 5.15. The minimum absolute atomic E-state index is 0.0777. The molecule has 0 amide bonds. The van der Waals surface area contributed by atoms with Crippen molar-refractivity contribution in [1.82, 2.24) is 9.55 Å². The number of rotatable bonds is 1. The number of hydrogen-bond acceptors (Lipinski definition) is 2. The summed E-state index contributed by atoms with van der Waals surface area (Å²) in [5.74, 6) is 1.35. The van der Waals surface area contributed by atoms with Crippen LogP contribution in [0.4, 0.5) is 0 Å². The van der Waals surface area contributed by atoms with E-state index >= 15 is 0 Å². The second kappa shape index (κ2) is 4.34. The van der Waals surface area contributed by atoms with E-state index < -0.39 is 0 Å². The van der Waals surface area contributed by atoms with Gasteiger partial charge in [-0.25, -0.2) is 4.98 Å². The van der Waals surface area contributed by atoms with E-state index in [0.29, 0.717) is 11.3 Å². The molecule has 0 saturated heterocycles. The molecule has 3 nitrogen and oxygen atoms in total. The third kappa shape index (κ3) is 2.16. The fourth-order valence-corrected chi connectivity index (χ4v) is 2.87. The minimum atomic E-state index is 0.0777. The molecule has 1 aliphatic rings. The van der Waals surface area contributed by atoms with Crippen molar-refractivity contribution in [2.45, 2.75) is 39.1 Å². The van der Waals surface area contributed by atoms with E-state index in [-0.39, 0.29) is 11.0 Å². The fourth-order valence-electron chi connectivity index (χ4n) is 2.71. The van der Waals surface area contributed by atoms with Crippen molar-refractivity contribution in [2.24, 2.45) is 5.41 Å². The van der Waals surface area contributed by atoms with Gasteiger partial charge in [-0.15, -0.1) is 11.6 Å². The van der Waals surface area contributed by atoms with Gasteiger partial charge < -0.3 is 0 Å². The number of benzene rings is 1. The summed E-state index contributed by atoms with van der Waals surface area (Å²) in [5.41, 5.74) is 2.02. The van der Waals surface area contributed by atoms with E-state index in [9.17, 15) is 4.79 Å². The molecular weight excluding hydrogens is 260 g/mol. The van der Waals surface area contributed by atoms with Crippen molar-refractivity contribution in [3.05, 3.63) is 39.9 Å². The van der Waals surface area contributed by atoms with Crippen LogP contribution in [0.25, 0.3) is 10.9 Å². The fraction of sp³-hybridized carbons (Fsp3) is 0.467. The number of aromatic nitrogens is 2. The molecule has 100 valence electrons. The van der Waals surface area contributed by atoms with Crippen molar-refractivity contribution < 1.29 is 0 Å². The van der Waals surface area contributed by atoms with Gasteiger partial charge in [-0.2, -0.15) is 0 Å². The van der Waals surface area contributed by atoms with Gasteiger partial charge in [0.15, 0.2) is 0 Å². The predicted octanol–water partition coefficient (Wildman–Crippen LogP) is 3.11. The summed E-state index contributed by atoms with van der Waals surface area (Å²) in [4.78, 5) is 17.2. The smallest absolute Gasteiger partial charge is 0.261 e. The monoisotopic (exact) mass is 276 g/mol. The van der Waals surface area contributed by atoms with Gasteiger partial charge in [0, 0.05) is 18.8 Å². The lowest BCUT2D eigenvalue weighted by Crippen LogP contribution is -2.36. The number of hydrogen-bond donors (Lipinski definition) is 0. The first-order valence-electron chi connectivity index (χ1n) is 6.58. The van der Waals surface area contributed by atoms with Crippen LogP contribution >= 0.6 is 11.6 Å². The average Bonchev–Trinajstić information content (AvgIpc) is 2.39. The third-order valence-corrected chi connectivity index (χ3v) is 4.17. The summed E-state index contributed by atoms with van der Waals surface area (Å²) in [6.07, 6.45) is 1.93. The maximum absolute atomic E-state index is 12.6. The molecule has 2 heterocycles. The second-order valence-electron chi connectivity index (χ2n) is 6.07. The largest absolute Gasteiger partial charge is 0.296 e. The lowest BCUT2D eigenvalue weighted by molar-refractivity contribution is 0.240. The van der Waals surface area contributed by atoms with Crippen LogP contribution in [0.5, 0.6) is 0 Å². The van der Waals surface area contributed by atoms with Crippen molar-refractivity contribution in [2.75, 3.05) is 0 Å². The molecule has 0 spiro atoms. The van der Waals surface area contributed by atoms with E-state index in [2.05, 4.69) is 18.8 Å². The van der Waals surface area contributed by atoms with Crippen LogP contribution < -0.4 is 5.56 Å². The van der Waals surface area contributed by atoms with Crippen LogP contribution in [0.15, 0.2) is 23.0 Å². The molecule has 0 saturated carbocycles. The quantitative estimate of drug-likeness (QED) is 0.750. The van der Waals surface area contributed by atoms with E-state index in [1.807, 2.05) is 22.8 Å². The minimum Gasteiger partial charge on any atom is -0.296 e. The Morgan fingerprint density at radius 1 is 1.42 bits per heavy atom. The van der Waals surface area contributed by atoms with Crippen molar-refractivity contribution in [3.8, 4) is 0 Å². The molecule has 0 unspecified atom stereocenters. The third-order valence-electron chi connectivity index (χ3n) is 3.86. The second-order valence-corrected chi connectivity index (χ2v) is 6.34. The molecule has 0 aliphatic carbocycles. The van der Waals surface area contributed by atoms with Gasteiger partial charge >= 0.3 is 0 Å². The van der Waals surface area contributed by atoms with E-state index in [1.54, 1.807) is 0 Å². The molecule has 0 atom stereocenters. The van der Waals surface area contributed by atoms with E-state index in [4.69, 9.17) is 11.6 Å². The Kier molecular flexibility index (Phi) is 2.90. The van der Waals surface area contributed by atoms with Gasteiger partial charge in [0.25, 0.3) is 5.56 Å². The molecule has 0 bridgehead atoms. The Morgan fingerprint density at radius 3 is 2.95 bits per heavy atom. The van der Waals surface area contributed by atoms with Crippen LogP contribution in [0.2, 0.25) is 0 Å². The normalized spacial score (nSPS) is 17.4. The van der Waals surface area contributed by atoms with E-state index in [0.717, 1.165) is 36.3 Å². The average molecular weight is 277 g/mol. The van der Waals surface area contributed by atoms with Gasteiger partial charge in [-0.3, -0.25) is 9.36 Å². The molecule has 2 aromatic rings. The predicted molar refractivity (Wildman–Crippen MR) is 77.7 cm³/mol. The number of fused-ring (bicyclic) bond motifs is 2. The van der Waals surface area contributed by atoms with Gasteiger partial charge in [-0.05, 0) is 29.5 Å². The van der Waals surface area contributed by atoms with Gasteiger partial charge in [-0.1, -0.05) is 19.9 Å². The molecule has 0 fully saturated rings. The number of alkyl halides is 1. The first-order chi connectivity index (χ1) is 9.00. The molecule has 4 heteroatoms. The molecule has 1 aromatic carbocycles. The first-order valence-corrected chi connectivity index (χ1v) is 7.12. The van der Waals surface area contributed by atoms with E-state index in [1.165, 1.54) is 0 Å². The van der Waals surface area contributed by atoms with Gasteiger partial charge in [0.1, 0.15) is 5.82 Å². The molecule has 0 radical (unpaired) electrons. The lowest BCUT2D eigenvalue weighted by Gasteiger charge is -2.31. The highest BCUT2D eigenvalue weighted by Gasteiger charge is 2.27. The molecule has 3 rings (SSSR count). The summed E-state index contributed by atoms with van der Waals surface area (Å²) in [5, 5.41) is 0.690. The Bertz CT molecular complexity index is 703.